The number of methoxy groups -OCH3 is 2. The van der Waals surface area contributed by atoms with Gasteiger partial charge in [-0.25, -0.2) is 9.97 Å². The Morgan fingerprint density at radius 1 is 0.857 bits per heavy atom. The van der Waals surface area contributed by atoms with Crippen LogP contribution in [0.25, 0.3) is 33.2 Å². The van der Waals surface area contributed by atoms with Crippen LogP contribution < -0.4 is 15.2 Å². The van der Waals surface area contributed by atoms with Crippen LogP contribution in [0.5, 0.6) is 11.5 Å². The van der Waals surface area contributed by atoms with Gasteiger partial charge in [-0.15, -0.1) is 0 Å². The number of aromatic nitrogens is 2. The molecule has 0 unspecified atom stereocenters. The lowest BCUT2D eigenvalue weighted by molar-refractivity contribution is 0.412. The molecule has 28 heavy (non-hydrogen) atoms. The van der Waals surface area contributed by atoms with Gasteiger partial charge in [-0.3, -0.25) is 0 Å². The van der Waals surface area contributed by atoms with E-state index in [1.807, 2.05) is 42.5 Å². The van der Waals surface area contributed by atoms with Crippen molar-refractivity contribution in [1.82, 2.24) is 9.97 Å². The number of halogens is 1. The van der Waals surface area contributed by atoms with Crippen molar-refractivity contribution in [2.24, 2.45) is 0 Å². The molecule has 0 saturated carbocycles. The largest absolute Gasteiger partial charge is 0.496 e. The zero-order chi connectivity index (χ0) is 19.7. The van der Waals surface area contributed by atoms with Gasteiger partial charge in [-0.05, 0) is 57.8 Å². The van der Waals surface area contributed by atoms with Crippen molar-refractivity contribution < 1.29 is 9.47 Å². The number of benzene rings is 3. The smallest absolute Gasteiger partial charge is 0.220 e. The molecule has 0 amide bonds. The third-order valence-corrected chi connectivity index (χ3v) is 5.47. The Kier molecular flexibility index (Phi) is 5.04. The van der Waals surface area contributed by atoms with Crippen LogP contribution in [0, 0.1) is 3.57 Å². The molecule has 0 radical (unpaired) electrons. The number of nitrogens with zero attached hydrogens (tertiary/aromatic N) is 2. The quantitative estimate of drug-likeness (QED) is 0.406. The molecule has 0 aliphatic rings. The zero-order valence-electron chi connectivity index (χ0n) is 15.4. The summed E-state index contributed by atoms with van der Waals surface area (Å²) >= 11 is 2.26. The summed E-state index contributed by atoms with van der Waals surface area (Å²) in [7, 11) is 3.34. The molecule has 5 nitrogen and oxygen atoms in total. The SMILES string of the molecule is COc1ccc(-c2cnc(N)nc2-c2ccc(OC)c3ccccc23)cc1I. The first-order valence-corrected chi connectivity index (χ1v) is 9.72. The first kappa shape index (κ1) is 18.5. The van der Waals surface area contributed by atoms with E-state index in [0.29, 0.717) is 0 Å². The minimum Gasteiger partial charge on any atom is -0.496 e. The molecule has 0 aliphatic carbocycles. The Labute approximate surface area is 176 Å². The van der Waals surface area contributed by atoms with E-state index in [4.69, 9.17) is 15.2 Å². The fraction of sp³-hybridized carbons (Fsp3) is 0.0909. The molecule has 2 N–H and O–H groups in total. The summed E-state index contributed by atoms with van der Waals surface area (Å²) in [4.78, 5) is 8.83. The maximum absolute atomic E-state index is 5.95. The second kappa shape index (κ2) is 7.63. The van der Waals surface area contributed by atoms with Crippen molar-refractivity contribution in [3.63, 3.8) is 0 Å². The number of anilines is 1. The Morgan fingerprint density at radius 2 is 1.57 bits per heavy atom. The van der Waals surface area contributed by atoms with E-state index in [2.05, 4.69) is 44.7 Å². The van der Waals surface area contributed by atoms with E-state index in [1.54, 1.807) is 20.4 Å². The molecule has 1 aromatic heterocycles. The molecule has 6 heteroatoms. The Hall–Kier alpha value is -2.87. The van der Waals surface area contributed by atoms with Crippen molar-refractivity contribution in [2.75, 3.05) is 20.0 Å². The van der Waals surface area contributed by atoms with E-state index >= 15 is 0 Å². The van der Waals surface area contributed by atoms with Crippen LogP contribution in [0.1, 0.15) is 0 Å². The molecular weight excluding hydrogens is 465 g/mol. The van der Waals surface area contributed by atoms with Crippen molar-refractivity contribution in [2.45, 2.75) is 0 Å². The summed E-state index contributed by atoms with van der Waals surface area (Å²) < 4.78 is 11.9. The lowest BCUT2D eigenvalue weighted by Gasteiger charge is -2.14. The summed E-state index contributed by atoms with van der Waals surface area (Å²) in [5.41, 5.74) is 9.62. The summed E-state index contributed by atoms with van der Waals surface area (Å²) in [6.45, 7) is 0. The minimum atomic E-state index is 0.238. The van der Waals surface area contributed by atoms with Crippen molar-refractivity contribution in [3.8, 4) is 33.9 Å². The summed E-state index contributed by atoms with van der Waals surface area (Å²) in [6.07, 6.45) is 1.77. The Balaban J connectivity index is 1.98. The second-order valence-corrected chi connectivity index (χ2v) is 7.36. The number of hydrogen-bond acceptors (Lipinski definition) is 5. The van der Waals surface area contributed by atoms with E-state index < -0.39 is 0 Å². The Bertz CT molecular complexity index is 1180. The highest BCUT2D eigenvalue weighted by molar-refractivity contribution is 14.1. The fourth-order valence-electron chi connectivity index (χ4n) is 3.30. The van der Waals surface area contributed by atoms with Gasteiger partial charge in [0, 0.05) is 22.7 Å². The molecule has 0 spiro atoms. The number of nitrogens with two attached hydrogens (primary N) is 1. The van der Waals surface area contributed by atoms with Crippen LogP contribution in [-0.4, -0.2) is 24.2 Å². The average molecular weight is 483 g/mol. The lowest BCUT2D eigenvalue weighted by atomic mass is 9.96. The molecule has 0 aliphatic heterocycles. The molecule has 3 aromatic carbocycles. The molecule has 0 saturated heterocycles. The van der Waals surface area contributed by atoms with Crippen LogP contribution in [0.15, 0.2) is 60.8 Å². The summed E-state index contributed by atoms with van der Waals surface area (Å²) in [5, 5.41) is 2.07. The van der Waals surface area contributed by atoms with Crippen LogP contribution in [0.2, 0.25) is 0 Å². The van der Waals surface area contributed by atoms with E-state index in [9.17, 15) is 0 Å². The van der Waals surface area contributed by atoms with Crippen molar-refractivity contribution in [1.29, 1.82) is 0 Å². The highest BCUT2D eigenvalue weighted by atomic mass is 127. The molecule has 0 bridgehead atoms. The zero-order valence-corrected chi connectivity index (χ0v) is 17.6. The van der Waals surface area contributed by atoms with Gasteiger partial charge in [0.1, 0.15) is 11.5 Å². The van der Waals surface area contributed by atoms with E-state index in [-0.39, 0.29) is 5.95 Å². The van der Waals surface area contributed by atoms with Gasteiger partial charge in [-0.2, -0.15) is 0 Å². The number of rotatable bonds is 4. The van der Waals surface area contributed by atoms with Crippen molar-refractivity contribution in [3.05, 3.63) is 64.4 Å². The van der Waals surface area contributed by atoms with Gasteiger partial charge in [-0.1, -0.05) is 30.3 Å². The monoisotopic (exact) mass is 483 g/mol. The standard InChI is InChI=1S/C22H18IN3O2/c1-27-19-10-8-16(14-5-3-4-6-15(14)19)21-17(12-25-22(24)26-21)13-7-9-20(28-2)18(23)11-13/h3-12H,1-2H3,(H2,24,25,26). The number of ether oxygens (including phenoxy) is 2. The number of hydrogen-bond donors (Lipinski definition) is 1. The van der Waals surface area contributed by atoms with Gasteiger partial charge in [0.2, 0.25) is 5.95 Å². The first-order chi connectivity index (χ1) is 13.6. The second-order valence-electron chi connectivity index (χ2n) is 6.20. The lowest BCUT2D eigenvalue weighted by Crippen LogP contribution is -2.00. The average Bonchev–Trinajstić information content (AvgIpc) is 2.73. The minimum absolute atomic E-state index is 0.238. The van der Waals surface area contributed by atoms with Gasteiger partial charge >= 0.3 is 0 Å². The molecule has 140 valence electrons. The van der Waals surface area contributed by atoms with Gasteiger partial charge in [0.05, 0.1) is 23.5 Å². The Morgan fingerprint density at radius 3 is 2.29 bits per heavy atom. The van der Waals surface area contributed by atoms with Gasteiger partial charge in [0.15, 0.2) is 0 Å². The summed E-state index contributed by atoms with van der Waals surface area (Å²) in [6, 6.07) is 18.1. The van der Waals surface area contributed by atoms with Gasteiger partial charge < -0.3 is 15.2 Å². The molecule has 4 aromatic rings. The molecule has 1 heterocycles. The molecule has 4 rings (SSSR count). The number of fused-ring (bicyclic) bond motifs is 1. The van der Waals surface area contributed by atoms with E-state index in [0.717, 1.165) is 48.2 Å². The highest BCUT2D eigenvalue weighted by Crippen LogP contribution is 2.39. The van der Waals surface area contributed by atoms with Crippen LogP contribution in [0.3, 0.4) is 0 Å². The maximum atomic E-state index is 5.95. The van der Waals surface area contributed by atoms with Crippen LogP contribution in [-0.2, 0) is 0 Å². The first-order valence-electron chi connectivity index (χ1n) is 8.65. The molecule has 0 fully saturated rings. The predicted molar refractivity (Wildman–Crippen MR) is 121 cm³/mol. The molecular formula is C22H18IN3O2. The maximum Gasteiger partial charge on any atom is 0.220 e. The summed E-state index contributed by atoms with van der Waals surface area (Å²) in [5.74, 6) is 1.89. The topological polar surface area (TPSA) is 70.3 Å². The fourth-order valence-corrected chi connectivity index (χ4v) is 4.04. The normalized spacial score (nSPS) is 10.8. The van der Waals surface area contributed by atoms with Crippen LogP contribution >= 0.6 is 22.6 Å². The third kappa shape index (κ3) is 3.24. The van der Waals surface area contributed by atoms with Gasteiger partial charge in [0.25, 0.3) is 0 Å². The molecule has 0 atom stereocenters. The van der Waals surface area contributed by atoms with Crippen molar-refractivity contribution >= 4 is 39.3 Å². The van der Waals surface area contributed by atoms with Crippen LogP contribution in [0.4, 0.5) is 5.95 Å². The highest BCUT2D eigenvalue weighted by Gasteiger charge is 2.16. The number of nitrogen functional groups attached to an aromatic ring is 1. The predicted octanol–water partition coefficient (Wildman–Crippen LogP) is 5.17. The van der Waals surface area contributed by atoms with E-state index in [1.165, 1.54) is 0 Å². The third-order valence-electron chi connectivity index (χ3n) is 4.63.